The van der Waals surface area contributed by atoms with Crippen LogP contribution in [0.15, 0.2) is 30.6 Å². The molecule has 2 aliphatic heterocycles. The molecule has 200 valence electrons. The van der Waals surface area contributed by atoms with Crippen molar-refractivity contribution in [2.45, 2.75) is 38.3 Å². The SMILES string of the molecule is O=C(NC1CC1)c1ccc(-c2nc(NCCN3CCOCC3)c3ncn(CCN4CCCC4=O)c3n2)cc1. The zero-order valence-corrected chi connectivity index (χ0v) is 21.6. The maximum absolute atomic E-state index is 12.4. The highest BCUT2D eigenvalue weighted by Crippen LogP contribution is 2.25. The van der Waals surface area contributed by atoms with Gasteiger partial charge in [-0.25, -0.2) is 15.0 Å². The average Bonchev–Trinajstić information content (AvgIpc) is 3.52. The van der Waals surface area contributed by atoms with E-state index in [2.05, 4.69) is 20.5 Å². The van der Waals surface area contributed by atoms with Gasteiger partial charge < -0.3 is 24.8 Å². The number of fused-ring (bicyclic) bond motifs is 1. The fourth-order valence-corrected chi connectivity index (χ4v) is 4.95. The van der Waals surface area contributed by atoms with Gasteiger partial charge in [0.25, 0.3) is 5.91 Å². The number of nitrogens with zero attached hydrogens (tertiary/aromatic N) is 6. The summed E-state index contributed by atoms with van der Waals surface area (Å²) in [5.74, 6) is 1.42. The first kappa shape index (κ1) is 24.7. The van der Waals surface area contributed by atoms with E-state index in [4.69, 9.17) is 14.7 Å². The molecule has 3 aliphatic rings. The van der Waals surface area contributed by atoms with Crippen molar-refractivity contribution >= 4 is 28.8 Å². The molecule has 11 heteroatoms. The Morgan fingerprint density at radius 2 is 1.84 bits per heavy atom. The number of anilines is 1. The van der Waals surface area contributed by atoms with Crippen LogP contribution in [0.3, 0.4) is 0 Å². The van der Waals surface area contributed by atoms with Crippen molar-refractivity contribution in [1.82, 2.24) is 34.6 Å². The monoisotopic (exact) mass is 518 g/mol. The van der Waals surface area contributed by atoms with Crippen molar-refractivity contribution in [3.63, 3.8) is 0 Å². The van der Waals surface area contributed by atoms with E-state index in [1.165, 1.54) is 0 Å². The van der Waals surface area contributed by atoms with Gasteiger partial charge >= 0.3 is 0 Å². The molecule has 1 aromatic carbocycles. The quantitative estimate of drug-likeness (QED) is 0.417. The maximum atomic E-state index is 12.4. The van der Waals surface area contributed by atoms with Crippen LogP contribution in [0.1, 0.15) is 36.0 Å². The Balaban J connectivity index is 1.24. The third-order valence-electron chi connectivity index (χ3n) is 7.39. The Morgan fingerprint density at radius 3 is 2.58 bits per heavy atom. The van der Waals surface area contributed by atoms with Crippen molar-refractivity contribution in [2.75, 3.05) is 57.8 Å². The highest BCUT2D eigenvalue weighted by Gasteiger charge is 2.24. The Hall–Kier alpha value is -3.57. The number of hydrogen-bond donors (Lipinski definition) is 2. The number of rotatable bonds is 10. The standard InChI is InChI=1S/C27H34N8O3/c36-22-2-1-10-34(22)12-13-35-18-29-23-25(28-9-11-33-14-16-38-17-15-33)31-24(32-26(23)35)19-3-5-20(6-4-19)27(37)30-21-7-8-21/h3-6,18,21H,1-2,7-17H2,(H,30,37)(H,28,31,32). The van der Waals surface area contributed by atoms with Gasteiger partial charge in [-0.3, -0.25) is 14.5 Å². The van der Waals surface area contributed by atoms with Crippen LogP contribution in [0.2, 0.25) is 0 Å². The summed E-state index contributed by atoms with van der Waals surface area (Å²) in [6, 6.07) is 7.74. The molecule has 1 aliphatic carbocycles. The summed E-state index contributed by atoms with van der Waals surface area (Å²) in [5.41, 5.74) is 2.90. The molecule has 6 rings (SSSR count). The Morgan fingerprint density at radius 1 is 1.03 bits per heavy atom. The summed E-state index contributed by atoms with van der Waals surface area (Å²) >= 11 is 0. The van der Waals surface area contributed by atoms with Crippen molar-refractivity contribution in [2.24, 2.45) is 0 Å². The van der Waals surface area contributed by atoms with E-state index in [0.717, 1.165) is 76.4 Å². The number of likely N-dealkylation sites (tertiary alicyclic amines) is 1. The van der Waals surface area contributed by atoms with E-state index in [0.29, 0.717) is 48.3 Å². The number of hydrogen-bond acceptors (Lipinski definition) is 8. The Bertz CT molecular complexity index is 1300. The number of carbonyl (C=O) groups excluding carboxylic acids is 2. The molecule has 2 N–H and O–H groups in total. The summed E-state index contributed by atoms with van der Waals surface area (Å²) in [4.78, 5) is 43.2. The van der Waals surface area contributed by atoms with Gasteiger partial charge in [0, 0.05) is 69.4 Å². The van der Waals surface area contributed by atoms with Gasteiger partial charge in [0.2, 0.25) is 5.91 Å². The molecule has 0 bridgehead atoms. The number of nitrogens with one attached hydrogen (secondary N) is 2. The largest absolute Gasteiger partial charge is 0.379 e. The molecule has 2 saturated heterocycles. The van der Waals surface area contributed by atoms with Gasteiger partial charge in [-0.05, 0) is 31.4 Å². The number of carbonyl (C=O) groups is 2. The van der Waals surface area contributed by atoms with Gasteiger partial charge in [-0.15, -0.1) is 0 Å². The van der Waals surface area contributed by atoms with Crippen molar-refractivity contribution < 1.29 is 14.3 Å². The maximum Gasteiger partial charge on any atom is 0.251 e. The first-order valence-electron chi connectivity index (χ1n) is 13.6. The normalized spacial score (nSPS) is 18.3. The van der Waals surface area contributed by atoms with Crippen LogP contribution in [0, 0.1) is 0 Å². The Kier molecular flexibility index (Phi) is 7.19. The molecular formula is C27H34N8O3. The van der Waals surface area contributed by atoms with Crippen LogP contribution < -0.4 is 10.6 Å². The number of aromatic nitrogens is 4. The number of morpholine rings is 1. The first-order valence-corrected chi connectivity index (χ1v) is 13.6. The predicted molar refractivity (Wildman–Crippen MR) is 143 cm³/mol. The molecule has 0 unspecified atom stereocenters. The van der Waals surface area contributed by atoms with Crippen molar-refractivity contribution in [3.05, 3.63) is 36.2 Å². The summed E-state index contributed by atoms with van der Waals surface area (Å²) in [6.07, 6.45) is 5.43. The number of ether oxygens (including phenoxy) is 1. The van der Waals surface area contributed by atoms with E-state index in [-0.39, 0.29) is 11.8 Å². The Labute approximate surface area is 221 Å². The molecule has 11 nitrogen and oxygen atoms in total. The summed E-state index contributed by atoms with van der Waals surface area (Å²) in [5, 5.41) is 6.51. The molecular weight excluding hydrogens is 484 g/mol. The molecule has 1 saturated carbocycles. The van der Waals surface area contributed by atoms with Gasteiger partial charge in [0.1, 0.15) is 5.52 Å². The van der Waals surface area contributed by atoms with Crippen LogP contribution in [-0.2, 0) is 16.1 Å². The molecule has 0 spiro atoms. The zero-order chi connectivity index (χ0) is 25.9. The number of imidazole rings is 1. The highest BCUT2D eigenvalue weighted by atomic mass is 16.5. The van der Waals surface area contributed by atoms with Crippen LogP contribution in [0.25, 0.3) is 22.6 Å². The second-order valence-corrected chi connectivity index (χ2v) is 10.2. The summed E-state index contributed by atoms with van der Waals surface area (Å²) < 4.78 is 7.45. The van der Waals surface area contributed by atoms with Gasteiger partial charge in [0.15, 0.2) is 17.3 Å². The highest BCUT2D eigenvalue weighted by molar-refractivity contribution is 5.95. The van der Waals surface area contributed by atoms with Gasteiger partial charge in [0.05, 0.1) is 19.5 Å². The van der Waals surface area contributed by atoms with E-state index in [1.54, 1.807) is 6.33 Å². The van der Waals surface area contributed by atoms with E-state index in [9.17, 15) is 9.59 Å². The zero-order valence-electron chi connectivity index (χ0n) is 21.6. The molecule has 3 aromatic rings. The fraction of sp³-hybridized carbons (Fsp3) is 0.519. The lowest BCUT2D eigenvalue weighted by molar-refractivity contribution is -0.127. The van der Waals surface area contributed by atoms with E-state index in [1.807, 2.05) is 33.7 Å². The molecule has 38 heavy (non-hydrogen) atoms. The molecule has 0 radical (unpaired) electrons. The average molecular weight is 519 g/mol. The fourth-order valence-electron chi connectivity index (χ4n) is 4.95. The van der Waals surface area contributed by atoms with Crippen LogP contribution in [0.5, 0.6) is 0 Å². The number of amides is 2. The molecule has 3 fully saturated rings. The first-order chi connectivity index (χ1) is 18.6. The minimum Gasteiger partial charge on any atom is -0.379 e. The topological polar surface area (TPSA) is 118 Å². The van der Waals surface area contributed by atoms with Crippen LogP contribution in [0.4, 0.5) is 5.82 Å². The lowest BCUT2D eigenvalue weighted by Gasteiger charge is -2.26. The molecule has 4 heterocycles. The second kappa shape index (κ2) is 11.0. The van der Waals surface area contributed by atoms with Crippen molar-refractivity contribution in [1.29, 1.82) is 0 Å². The smallest absolute Gasteiger partial charge is 0.251 e. The molecule has 0 atom stereocenters. The van der Waals surface area contributed by atoms with Gasteiger partial charge in [-0.2, -0.15) is 0 Å². The van der Waals surface area contributed by atoms with E-state index < -0.39 is 0 Å². The van der Waals surface area contributed by atoms with Crippen LogP contribution in [-0.4, -0.2) is 99.7 Å². The summed E-state index contributed by atoms with van der Waals surface area (Å²) in [6.45, 7) is 7.04. The third kappa shape index (κ3) is 5.63. The summed E-state index contributed by atoms with van der Waals surface area (Å²) in [7, 11) is 0. The van der Waals surface area contributed by atoms with Crippen molar-refractivity contribution in [3.8, 4) is 11.4 Å². The third-order valence-corrected chi connectivity index (χ3v) is 7.39. The lowest BCUT2D eigenvalue weighted by Crippen LogP contribution is -2.39. The number of benzene rings is 1. The minimum atomic E-state index is -0.0459. The molecule has 2 amide bonds. The predicted octanol–water partition coefficient (Wildman–Crippen LogP) is 1.75. The lowest BCUT2D eigenvalue weighted by atomic mass is 10.1. The van der Waals surface area contributed by atoms with E-state index >= 15 is 0 Å². The second-order valence-electron chi connectivity index (χ2n) is 10.2. The van der Waals surface area contributed by atoms with Gasteiger partial charge in [-0.1, -0.05) is 12.1 Å². The molecule has 2 aromatic heterocycles. The van der Waals surface area contributed by atoms with Crippen LogP contribution >= 0.6 is 0 Å². The minimum absolute atomic E-state index is 0.0459.